The van der Waals surface area contributed by atoms with Crippen molar-refractivity contribution in [2.75, 3.05) is 39.5 Å². The van der Waals surface area contributed by atoms with Gasteiger partial charge in [0.2, 0.25) is 0 Å². The molecule has 1 saturated heterocycles. The van der Waals surface area contributed by atoms with Crippen molar-refractivity contribution in [1.82, 2.24) is 10.6 Å². The molecule has 126 valence electrons. The molecule has 0 radical (unpaired) electrons. The van der Waals surface area contributed by atoms with Gasteiger partial charge in [-0.25, -0.2) is 0 Å². The Balaban J connectivity index is 0.00000400. The summed E-state index contributed by atoms with van der Waals surface area (Å²) in [6.07, 6.45) is 2.23. The number of hydrogen-bond acceptors (Lipinski definition) is 3. The zero-order valence-corrected chi connectivity index (χ0v) is 16.2. The van der Waals surface area contributed by atoms with Crippen molar-refractivity contribution in [1.29, 1.82) is 0 Å². The minimum atomic E-state index is -0.0868. The van der Waals surface area contributed by atoms with E-state index in [4.69, 9.17) is 9.47 Å². The number of hydrogen-bond donors (Lipinski definition) is 2. The molecule has 0 aromatic rings. The van der Waals surface area contributed by atoms with Crippen LogP contribution in [-0.4, -0.2) is 51.0 Å². The van der Waals surface area contributed by atoms with Gasteiger partial charge in [0.25, 0.3) is 0 Å². The number of ether oxygens (including phenoxy) is 2. The summed E-state index contributed by atoms with van der Waals surface area (Å²) in [4.78, 5) is 4.61. The number of nitrogens with one attached hydrogen (secondary N) is 2. The maximum atomic E-state index is 5.75. The van der Waals surface area contributed by atoms with Crippen LogP contribution in [0.4, 0.5) is 0 Å². The molecule has 0 spiro atoms. The van der Waals surface area contributed by atoms with Gasteiger partial charge in [-0.1, -0.05) is 13.8 Å². The SMILES string of the molecule is CCNC(=NCC1(C)CCCO1)NCCOCC(C)C.I. The summed E-state index contributed by atoms with van der Waals surface area (Å²) in [7, 11) is 0. The Bertz CT molecular complexity index is 293. The minimum absolute atomic E-state index is 0. The van der Waals surface area contributed by atoms with Gasteiger partial charge in [-0.3, -0.25) is 4.99 Å². The summed E-state index contributed by atoms with van der Waals surface area (Å²) in [5, 5.41) is 6.55. The molecule has 1 fully saturated rings. The first-order valence-corrected chi connectivity index (χ1v) is 7.79. The number of halogens is 1. The second-order valence-corrected chi connectivity index (χ2v) is 5.99. The van der Waals surface area contributed by atoms with Crippen molar-refractivity contribution in [3.05, 3.63) is 0 Å². The monoisotopic (exact) mass is 413 g/mol. The summed E-state index contributed by atoms with van der Waals surface area (Å²) in [5.41, 5.74) is -0.0868. The third-order valence-electron chi connectivity index (χ3n) is 3.21. The van der Waals surface area contributed by atoms with E-state index in [-0.39, 0.29) is 29.6 Å². The van der Waals surface area contributed by atoms with Crippen molar-refractivity contribution in [2.45, 2.75) is 46.1 Å². The van der Waals surface area contributed by atoms with Gasteiger partial charge in [0.1, 0.15) is 0 Å². The van der Waals surface area contributed by atoms with Gasteiger partial charge in [-0.05, 0) is 32.6 Å². The van der Waals surface area contributed by atoms with Crippen LogP contribution in [0.3, 0.4) is 0 Å². The highest BCUT2D eigenvalue weighted by Gasteiger charge is 2.29. The summed E-state index contributed by atoms with van der Waals surface area (Å²) >= 11 is 0. The van der Waals surface area contributed by atoms with Gasteiger partial charge in [-0.15, -0.1) is 24.0 Å². The predicted octanol–water partition coefficient (Wildman–Crippen LogP) is 2.40. The second-order valence-electron chi connectivity index (χ2n) is 5.99. The average molecular weight is 413 g/mol. The van der Waals surface area contributed by atoms with Gasteiger partial charge in [0.05, 0.1) is 18.8 Å². The first kappa shape index (κ1) is 20.9. The van der Waals surface area contributed by atoms with Crippen LogP contribution in [0.5, 0.6) is 0 Å². The molecule has 21 heavy (non-hydrogen) atoms. The Kier molecular flexibility index (Phi) is 11.4. The van der Waals surface area contributed by atoms with Gasteiger partial charge >= 0.3 is 0 Å². The lowest BCUT2D eigenvalue weighted by molar-refractivity contribution is 0.0283. The third-order valence-corrected chi connectivity index (χ3v) is 3.21. The molecule has 5 nitrogen and oxygen atoms in total. The molecular weight excluding hydrogens is 381 g/mol. The van der Waals surface area contributed by atoms with Crippen molar-refractivity contribution >= 4 is 29.9 Å². The quantitative estimate of drug-likeness (QED) is 0.278. The van der Waals surface area contributed by atoms with E-state index < -0.39 is 0 Å². The molecule has 0 aliphatic carbocycles. The molecule has 0 amide bonds. The fourth-order valence-electron chi connectivity index (χ4n) is 2.11. The van der Waals surface area contributed by atoms with Crippen LogP contribution >= 0.6 is 24.0 Å². The van der Waals surface area contributed by atoms with Crippen LogP contribution < -0.4 is 10.6 Å². The Labute approximate surface area is 146 Å². The molecule has 0 bridgehead atoms. The van der Waals surface area contributed by atoms with Gasteiger partial charge in [0.15, 0.2) is 5.96 Å². The zero-order chi connectivity index (χ0) is 14.8. The molecule has 1 atom stereocenters. The Morgan fingerprint density at radius 3 is 2.71 bits per heavy atom. The molecule has 1 unspecified atom stereocenters. The lowest BCUT2D eigenvalue weighted by atomic mass is 10.0. The molecule has 2 N–H and O–H groups in total. The van der Waals surface area contributed by atoms with Crippen LogP contribution in [0, 0.1) is 5.92 Å². The lowest BCUT2D eigenvalue weighted by Crippen LogP contribution is -2.40. The number of nitrogens with zero attached hydrogens (tertiary/aromatic N) is 1. The molecular formula is C15H32IN3O2. The lowest BCUT2D eigenvalue weighted by Gasteiger charge is -2.21. The Hall–Kier alpha value is -0.0800. The van der Waals surface area contributed by atoms with E-state index in [0.717, 1.165) is 45.1 Å². The maximum absolute atomic E-state index is 5.75. The predicted molar refractivity (Wildman–Crippen MR) is 98.6 cm³/mol. The van der Waals surface area contributed by atoms with Crippen LogP contribution in [0.2, 0.25) is 0 Å². The van der Waals surface area contributed by atoms with Crippen LogP contribution in [0.15, 0.2) is 4.99 Å². The first-order chi connectivity index (χ1) is 9.56. The Morgan fingerprint density at radius 2 is 2.14 bits per heavy atom. The smallest absolute Gasteiger partial charge is 0.191 e. The van der Waals surface area contributed by atoms with Crippen molar-refractivity contribution < 1.29 is 9.47 Å². The zero-order valence-electron chi connectivity index (χ0n) is 13.9. The molecule has 1 aliphatic heterocycles. The highest BCUT2D eigenvalue weighted by molar-refractivity contribution is 14.0. The van der Waals surface area contributed by atoms with Crippen molar-refractivity contribution in [2.24, 2.45) is 10.9 Å². The molecule has 1 aliphatic rings. The van der Waals surface area contributed by atoms with Crippen molar-refractivity contribution in [3.63, 3.8) is 0 Å². The number of rotatable bonds is 8. The molecule has 0 aromatic heterocycles. The number of aliphatic imine (C=N–C) groups is 1. The normalized spacial score (nSPS) is 22.2. The minimum Gasteiger partial charge on any atom is -0.379 e. The summed E-state index contributed by atoms with van der Waals surface area (Å²) in [5.74, 6) is 1.42. The third kappa shape index (κ3) is 9.52. The number of guanidine groups is 1. The summed E-state index contributed by atoms with van der Waals surface area (Å²) in [6.45, 7) is 13.2. The fraction of sp³-hybridized carbons (Fsp3) is 0.933. The molecule has 0 aromatic carbocycles. The Morgan fingerprint density at radius 1 is 1.38 bits per heavy atom. The highest BCUT2D eigenvalue weighted by Crippen LogP contribution is 2.24. The molecule has 0 saturated carbocycles. The van der Waals surface area contributed by atoms with E-state index in [1.54, 1.807) is 0 Å². The largest absolute Gasteiger partial charge is 0.379 e. The van der Waals surface area contributed by atoms with Crippen LogP contribution in [-0.2, 0) is 9.47 Å². The van der Waals surface area contributed by atoms with Crippen LogP contribution in [0.25, 0.3) is 0 Å². The highest BCUT2D eigenvalue weighted by atomic mass is 127. The van der Waals surface area contributed by atoms with Gasteiger partial charge in [0, 0.05) is 26.3 Å². The van der Waals surface area contributed by atoms with E-state index >= 15 is 0 Å². The average Bonchev–Trinajstić information content (AvgIpc) is 2.82. The van der Waals surface area contributed by atoms with E-state index in [2.05, 4.69) is 43.3 Å². The fourth-order valence-corrected chi connectivity index (χ4v) is 2.11. The van der Waals surface area contributed by atoms with E-state index in [9.17, 15) is 0 Å². The standard InChI is InChI=1S/C15H31N3O2.HI/c1-5-16-14(17-8-10-19-11-13(2)3)18-12-15(4)7-6-9-20-15;/h13H,5-12H2,1-4H3,(H2,16,17,18);1H. The van der Waals surface area contributed by atoms with E-state index in [0.29, 0.717) is 19.1 Å². The first-order valence-electron chi connectivity index (χ1n) is 7.79. The van der Waals surface area contributed by atoms with E-state index in [1.165, 1.54) is 0 Å². The van der Waals surface area contributed by atoms with Gasteiger partial charge < -0.3 is 20.1 Å². The molecule has 1 rings (SSSR count). The van der Waals surface area contributed by atoms with Crippen LogP contribution in [0.1, 0.15) is 40.5 Å². The molecule has 1 heterocycles. The maximum Gasteiger partial charge on any atom is 0.191 e. The molecule has 6 heteroatoms. The van der Waals surface area contributed by atoms with E-state index in [1.807, 2.05) is 0 Å². The van der Waals surface area contributed by atoms with Gasteiger partial charge in [-0.2, -0.15) is 0 Å². The second kappa shape index (κ2) is 11.5. The topological polar surface area (TPSA) is 54.9 Å². The van der Waals surface area contributed by atoms with Crippen molar-refractivity contribution in [3.8, 4) is 0 Å². The summed E-state index contributed by atoms with van der Waals surface area (Å²) in [6, 6.07) is 0. The summed E-state index contributed by atoms with van der Waals surface area (Å²) < 4.78 is 11.3.